The molecule has 0 atom stereocenters. The van der Waals surface area contributed by atoms with E-state index in [-0.39, 0.29) is 22.3 Å². The molecular weight excluding hydrogens is 437 g/mol. The molecule has 1 heterocycles. The second-order valence-electron chi connectivity index (χ2n) is 5.95. The van der Waals surface area contributed by atoms with Gasteiger partial charge in [-0.3, -0.25) is 0 Å². The van der Waals surface area contributed by atoms with Gasteiger partial charge in [0.15, 0.2) is 4.80 Å². The van der Waals surface area contributed by atoms with Gasteiger partial charge in [0.25, 0.3) is 0 Å². The Morgan fingerprint density at radius 2 is 1.89 bits per heavy atom. The summed E-state index contributed by atoms with van der Waals surface area (Å²) in [6.07, 6.45) is 0.709. The molecule has 0 aliphatic carbocycles. The van der Waals surface area contributed by atoms with Gasteiger partial charge in [-0.05, 0) is 30.7 Å². The molecule has 2 aromatic carbocycles. The highest BCUT2D eigenvalue weighted by Gasteiger charge is 2.19. The van der Waals surface area contributed by atoms with E-state index >= 15 is 0 Å². The van der Waals surface area contributed by atoms with E-state index in [9.17, 15) is 8.42 Å². The topological polar surface area (TPSA) is 63.5 Å². The molecule has 0 aliphatic heterocycles. The fourth-order valence-electron chi connectivity index (χ4n) is 2.53. The van der Waals surface area contributed by atoms with Crippen molar-refractivity contribution in [3.8, 4) is 11.3 Å². The van der Waals surface area contributed by atoms with E-state index in [1.165, 1.54) is 11.3 Å². The van der Waals surface area contributed by atoms with Gasteiger partial charge >= 0.3 is 0 Å². The van der Waals surface area contributed by atoms with Crippen molar-refractivity contribution in [2.45, 2.75) is 18.2 Å². The average molecular weight is 458 g/mol. The minimum Gasteiger partial charge on any atom is -0.320 e. The second kappa shape index (κ2) is 9.71. The van der Waals surface area contributed by atoms with E-state index in [1.54, 1.807) is 12.1 Å². The van der Waals surface area contributed by atoms with Crippen LogP contribution in [0.25, 0.3) is 11.3 Å². The molecule has 5 nitrogen and oxygen atoms in total. The van der Waals surface area contributed by atoms with Gasteiger partial charge in [0.2, 0.25) is 10.0 Å². The smallest absolute Gasteiger partial charge is 0.242 e. The Kier molecular flexibility index (Phi) is 7.86. The van der Waals surface area contributed by atoms with Gasteiger partial charge in [0, 0.05) is 24.5 Å². The molecule has 0 amide bonds. The van der Waals surface area contributed by atoms with E-state index in [2.05, 4.69) is 9.71 Å². The molecule has 0 aliphatic rings. The highest BCUT2D eigenvalue weighted by Crippen LogP contribution is 2.28. The van der Waals surface area contributed by atoms with Crippen molar-refractivity contribution in [3.63, 3.8) is 0 Å². The summed E-state index contributed by atoms with van der Waals surface area (Å²) in [7, 11) is -1.74. The maximum absolute atomic E-state index is 12.5. The van der Waals surface area contributed by atoms with Crippen LogP contribution in [0, 0.1) is 0 Å². The Morgan fingerprint density at radius 1 is 1.18 bits per heavy atom. The summed E-state index contributed by atoms with van der Waals surface area (Å²) in [6, 6.07) is 14.7. The quantitative estimate of drug-likeness (QED) is 0.580. The normalized spacial score (nSPS) is 12.0. The van der Waals surface area contributed by atoms with Crippen LogP contribution >= 0.6 is 35.3 Å². The summed E-state index contributed by atoms with van der Waals surface area (Å²) in [5, 5.41) is 2.16. The van der Waals surface area contributed by atoms with Gasteiger partial charge < -0.3 is 4.57 Å². The first-order valence-corrected chi connectivity index (χ1v) is 11.2. The van der Waals surface area contributed by atoms with E-state index in [0.29, 0.717) is 13.0 Å². The van der Waals surface area contributed by atoms with E-state index in [0.717, 1.165) is 21.7 Å². The Bertz CT molecular complexity index is 1110. The van der Waals surface area contributed by atoms with Gasteiger partial charge in [-0.25, -0.2) is 18.1 Å². The number of para-hydroxylation sites is 1. The first kappa shape index (κ1) is 22.6. The summed E-state index contributed by atoms with van der Waals surface area (Å²) in [4.78, 5) is 5.55. The van der Waals surface area contributed by atoms with Crippen LogP contribution in [0.4, 0.5) is 5.69 Å². The third kappa shape index (κ3) is 5.04. The Morgan fingerprint density at radius 3 is 2.57 bits per heavy atom. The van der Waals surface area contributed by atoms with Crippen molar-refractivity contribution in [1.82, 2.24) is 9.29 Å². The van der Waals surface area contributed by atoms with E-state index < -0.39 is 10.0 Å². The fraction of sp³-hybridized carbons (Fsp3) is 0.211. The molecule has 0 fully saturated rings. The standard InChI is InChI=1S/C19H20ClN3O2S2.ClH/c1-3-11-21-27(24,25)18-12-14(9-10-16(18)20)17-13-26-19(23(17)2)22-15-7-5-4-6-8-15;/h4-10,12-13,21H,3,11H2,1-2H3;1H. The van der Waals surface area contributed by atoms with Crippen LogP contribution < -0.4 is 9.52 Å². The zero-order valence-corrected chi connectivity index (χ0v) is 18.6. The highest BCUT2D eigenvalue weighted by atomic mass is 35.5. The van der Waals surface area contributed by atoms with Crippen molar-refractivity contribution >= 4 is 51.1 Å². The predicted octanol–water partition coefficient (Wildman–Crippen LogP) is 4.75. The molecule has 1 N–H and O–H groups in total. The Hall–Kier alpha value is -1.64. The lowest BCUT2D eigenvalue weighted by Gasteiger charge is -2.10. The monoisotopic (exact) mass is 457 g/mol. The average Bonchev–Trinajstić information content (AvgIpc) is 3.02. The van der Waals surface area contributed by atoms with Crippen LogP contribution in [0.2, 0.25) is 5.02 Å². The molecule has 28 heavy (non-hydrogen) atoms. The zero-order valence-electron chi connectivity index (χ0n) is 15.4. The molecule has 0 bridgehead atoms. The number of aromatic nitrogens is 1. The number of rotatable bonds is 6. The number of hydrogen-bond acceptors (Lipinski definition) is 4. The van der Waals surface area contributed by atoms with Crippen molar-refractivity contribution in [3.05, 3.63) is 63.7 Å². The molecule has 0 unspecified atom stereocenters. The molecule has 150 valence electrons. The molecule has 0 radical (unpaired) electrons. The van der Waals surface area contributed by atoms with Crippen molar-refractivity contribution < 1.29 is 8.42 Å². The lowest BCUT2D eigenvalue weighted by atomic mass is 10.2. The summed E-state index contributed by atoms with van der Waals surface area (Å²) in [5.41, 5.74) is 2.51. The van der Waals surface area contributed by atoms with E-state index in [4.69, 9.17) is 11.6 Å². The SMILES string of the molecule is CCCNS(=O)(=O)c1cc(-c2csc(=Nc3ccccc3)n2C)ccc1Cl.Cl. The number of hydrogen-bond donors (Lipinski definition) is 1. The maximum Gasteiger partial charge on any atom is 0.242 e. The number of thiazole rings is 1. The van der Waals surface area contributed by atoms with Gasteiger partial charge in [-0.1, -0.05) is 42.8 Å². The Balaban J connectivity index is 0.00000280. The third-order valence-electron chi connectivity index (χ3n) is 3.96. The molecule has 3 aromatic rings. The zero-order chi connectivity index (χ0) is 19.4. The van der Waals surface area contributed by atoms with Gasteiger partial charge in [-0.15, -0.1) is 23.7 Å². The summed E-state index contributed by atoms with van der Waals surface area (Å²) in [6.45, 7) is 2.28. The number of sulfonamides is 1. The van der Waals surface area contributed by atoms with Crippen LogP contribution in [-0.4, -0.2) is 19.5 Å². The first-order valence-electron chi connectivity index (χ1n) is 8.46. The largest absolute Gasteiger partial charge is 0.320 e. The molecule has 9 heteroatoms. The van der Waals surface area contributed by atoms with Crippen LogP contribution in [-0.2, 0) is 17.1 Å². The molecule has 0 saturated heterocycles. The molecule has 0 saturated carbocycles. The molecule has 0 spiro atoms. The van der Waals surface area contributed by atoms with Crippen LogP contribution in [0.3, 0.4) is 0 Å². The molecule has 1 aromatic heterocycles. The second-order valence-corrected chi connectivity index (χ2v) is 8.93. The summed E-state index contributed by atoms with van der Waals surface area (Å²) in [5.74, 6) is 0. The highest BCUT2D eigenvalue weighted by molar-refractivity contribution is 7.89. The van der Waals surface area contributed by atoms with Gasteiger partial charge in [0.1, 0.15) is 4.90 Å². The minimum absolute atomic E-state index is 0. The summed E-state index contributed by atoms with van der Waals surface area (Å²) >= 11 is 7.65. The lowest BCUT2D eigenvalue weighted by molar-refractivity contribution is 0.581. The molecule has 3 rings (SSSR count). The summed E-state index contributed by atoms with van der Waals surface area (Å²) < 4.78 is 29.5. The number of halogens is 2. The minimum atomic E-state index is -3.65. The van der Waals surface area contributed by atoms with Crippen LogP contribution in [0.5, 0.6) is 0 Å². The third-order valence-corrected chi connectivity index (χ3v) is 6.82. The van der Waals surface area contributed by atoms with Gasteiger partial charge in [0.05, 0.1) is 16.4 Å². The number of nitrogens with zero attached hydrogens (tertiary/aromatic N) is 2. The first-order chi connectivity index (χ1) is 12.9. The predicted molar refractivity (Wildman–Crippen MR) is 118 cm³/mol. The van der Waals surface area contributed by atoms with Crippen LogP contribution in [0.1, 0.15) is 13.3 Å². The molecular formula is C19H21Cl2N3O2S2. The Labute approximate surface area is 180 Å². The van der Waals surface area contributed by atoms with Crippen molar-refractivity contribution in [1.29, 1.82) is 0 Å². The maximum atomic E-state index is 12.5. The van der Waals surface area contributed by atoms with Crippen molar-refractivity contribution in [2.75, 3.05) is 6.54 Å². The van der Waals surface area contributed by atoms with Crippen molar-refractivity contribution in [2.24, 2.45) is 12.0 Å². The number of nitrogens with one attached hydrogen (secondary N) is 1. The van der Waals surface area contributed by atoms with Crippen LogP contribution in [0.15, 0.2) is 63.8 Å². The van der Waals surface area contributed by atoms with E-state index in [1.807, 2.05) is 60.3 Å². The lowest BCUT2D eigenvalue weighted by Crippen LogP contribution is -2.24. The number of benzene rings is 2. The fourth-order valence-corrected chi connectivity index (χ4v) is 5.11. The van der Waals surface area contributed by atoms with Gasteiger partial charge in [-0.2, -0.15) is 0 Å².